The molecule has 2 aromatic carbocycles. The van der Waals surface area contributed by atoms with Gasteiger partial charge in [-0.1, -0.05) is 24.3 Å². The highest BCUT2D eigenvalue weighted by Gasteiger charge is 2.26. The molecule has 0 fully saturated rings. The van der Waals surface area contributed by atoms with Gasteiger partial charge in [0.15, 0.2) is 4.90 Å². The lowest BCUT2D eigenvalue weighted by molar-refractivity contribution is -0.129. The van der Waals surface area contributed by atoms with Crippen molar-refractivity contribution in [2.24, 2.45) is 0 Å². The maximum Gasteiger partial charge on any atom is 0.219 e. The number of nitrogens with zero attached hydrogens (tertiary/aromatic N) is 2. The number of carbonyl (C=O) groups is 1. The van der Waals surface area contributed by atoms with E-state index in [1.165, 1.54) is 0 Å². The topological polar surface area (TPSA) is 55.8 Å². The number of ether oxygens (including phenoxy) is 1. The average Bonchev–Trinajstić information content (AvgIpc) is 2.87. The molecule has 1 atom stereocenters. The number of fused-ring (bicyclic) bond motifs is 1. The molecule has 5 nitrogen and oxygen atoms in total. The Bertz CT molecular complexity index is 754. The molecule has 6 heteroatoms. The molecule has 1 heterocycles. The first-order valence-electron chi connectivity index (χ1n) is 8.80. The Hall–Kier alpha value is -2.02. The van der Waals surface area contributed by atoms with Crippen LogP contribution in [0.15, 0.2) is 53.4 Å². The van der Waals surface area contributed by atoms with Crippen LogP contribution in [0, 0.1) is 0 Å². The molecular weight excluding hydrogens is 348 g/mol. The third kappa shape index (κ3) is 4.38. The fourth-order valence-electron chi connectivity index (χ4n) is 3.02. The quantitative estimate of drug-likeness (QED) is 0.757. The average molecular weight is 372 g/mol. The molecule has 0 bridgehead atoms. The Balaban J connectivity index is 1.80. The summed E-state index contributed by atoms with van der Waals surface area (Å²) in [5.74, 6) is 0.887. The number of benzene rings is 2. The highest BCUT2D eigenvalue weighted by Crippen LogP contribution is 2.28. The zero-order valence-electron chi connectivity index (χ0n) is 15.2. The van der Waals surface area contributed by atoms with Gasteiger partial charge in [-0.15, -0.1) is 4.31 Å². The molecule has 0 N–H and O–H groups in total. The van der Waals surface area contributed by atoms with E-state index in [0.29, 0.717) is 32.8 Å². The van der Waals surface area contributed by atoms with Gasteiger partial charge < -0.3 is 14.2 Å². The summed E-state index contributed by atoms with van der Waals surface area (Å²) >= 11 is -1.23. The van der Waals surface area contributed by atoms with E-state index in [4.69, 9.17) is 4.74 Å². The van der Waals surface area contributed by atoms with E-state index >= 15 is 0 Å². The van der Waals surface area contributed by atoms with Gasteiger partial charge in [-0.25, -0.2) is 0 Å². The number of rotatable bonds is 5. The fraction of sp³-hybridized carbons (Fsp3) is 0.350. The van der Waals surface area contributed by atoms with E-state index in [-0.39, 0.29) is 5.91 Å². The summed E-state index contributed by atoms with van der Waals surface area (Å²) in [5.41, 5.74) is 2.06. The van der Waals surface area contributed by atoms with Gasteiger partial charge in [0, 0.05) is 25.6 Å². The molecule has 3 rings (SSSR count). The van der Waals surface area contributed by atoms with Gasteiger partial charge in [-0.3, -0.25) is 4.79 Å². The summed E-state index contributed by atoms with van der Waals surface area (Å²) in [7, 11) is 0. The van der Waals surface area contributed by atoms with Gasteiger partial charge in [-0.05, 0) is 36.8 Å². The molecule has 0 saturated heterocycles. The fourth-order valence-corrected chi connectivity index (χ4v) is 4.20. The second kappa shape index (κ2) is 8.58. The second-order valence-corrected chi connectivity index (χ2v) is 7.74. The van der Waals surface area contributed by atoms with E-state index in [9.17, 15) is 9.35 Å². The van der Waals surface area contributed by atoms with E-state index in [1.807, 2.05) is 53.7 Å². The van der Waals surface area contributed by atoms with E-state index in [0.717, 1.165) is 21.8 Å². The number of hydrogen-bond acceptors (Lipinski definition) is 4. The molecule has 2 aromatic rings. The Labute approximate surface area is 157 Å². The first-order chi connectivity index (χ1) is 12.6. The first-order valence-corrected chi connectivity index (χ1v) is 9.91. The van der Waals surface area contributed by atoms with Crippen LogP contribution in [0.4, 0.5) is 0 Å². The summed E-state index contributed by atoms with van der Waals surface area (Å²) < 4.78 is 20.7. The van der Waals surface area contributed by atoms with Gasteiger partial charge >= 0.3 is 0 Å². The predicted molar refractivity (Wildman–Crippen MR) is 102 cm³/mol. The van der Waals surface area contributed by atoms with Crippen LogP contribution < -0.4 is 4.74 Å². The van der Waals surface area contributed by atoms with Crippen molar-refractivity contribution in [1.82, 2.24) is 9.21 Å². The van der Waals surface area contributed by atoms with Crippen molar-refractivity contribution in [2.45, 2.75) is 31.8 Å². The van der Waals surface area contributed by atoms with Crippen LogP contribution in [-0.2, 0) is 29.2 Å². The van der Waals surface area contributed by atoms with Crippen molar-refractivity contribution in [3.05, 3.63) is 59.7 Å². The lowest BCUT2D eigenvalue weighted by atomic mass is 10.1. The maximum atomic E-state index is 12.9. The van der Waals surface area contributed by atoms with Gasteiger partial charge in [0.2, 0.25) is 5.91 Å². The van der Waals surface area contributed by atoms with Crippen molar-refractivity contribution in [3.8, 4) is 5.75 Å². The standard InChI is InChI=1S/C20H24N2O3S/c1-3-21(16(2)23)14-17-9-10-20-18(13-17)15-22(11-12-25-20)26(24)19-7-5-4-6-8-19/h4-10,13H,3,11-12,14-15H2,1-2H3. The van der Waals surface area contributed by atoms with Crippen molar-refractivity contribution < 1.29 is 14.1 Å². The van der Waals surface area contributed by atoms with Crippen molar-refractivity contribution >= 4 is 17.3 Å². The van der Waals surface area contributed by atoms with Crippen LogP contribution in [0.5, 0.6) is 5.75 Å². The molecule has 0 aromatic heterocycles. The normalized spacial score (nSPS) is 15.5. The summed E-state index contributed by atoms with van der Waals surface area (Å²) in [5, 5.41) is 0. The maximum absolute atomic E-state index is 12.9. The third-order valence-corrected chi connectivity index (χ3v) is 5.91. The van der Waals surface area contributed by atoms with Crippen LogP contribution in [0.25, 0.3) is 0 Å². The Kier molecular flexibility index (Phi) is 6.19. The molecule has 0 spiro atoms. The van der Waals surface area contributed by atoms with Gasteiger partial charge in [-0.2, -0.15) is 0 Å². The highest BCUT2D eigenvalue weighted by molar-refractivity contribution is 7.89. The summed E-state index contributed by atoms with van der Waals surface area (Å²) in [6, 6.07) is 15.5. The van der Waals surface area contributed by atoms with Crippen LogP contribution in [0.2, 0.25) is 0 Å². The van der Waals surface area contributed by atoms with Gasteiger partial charge in [0.05, 0.1) is 24.5 Å². The smallest absolute Gasteiger partial charge is 0.219 e. The van der Waals surface area contributed by atoms with Crippen LogP contribution in [0.3, 0.4) is 0 Å². The molecule has 26 heavy (non-hydrogen) atoms. The Morgan fingerprint density at radius 3 is 2.73 bits per heavy atom. The molecule has 0 radical (unpaired) electrons. The lowest BCUT2D eigenvalue weighted by Crippen LogP contribution is -2.32. The molecular formula is C20H24N2O3S. The van der Waals surface area contributed by atoms with Crippen LogP contribution >= 0.6 is 0 Å². The van der Waals surface area contributed by atoms with Crippen molar-refractivity contribution in [1.29, 1.82) is 0 Å². The lowest BCUT2D eigenvalue weighted by Gasteiger charge is -2.22. The Morgan fingerprint density at radius 1 is 1.27 bits per heavy atom. The molecule has 1 aliphatic rings. The minimum absolute atomic E-state index is 0.0606. The van der Waals surface area contributed by atoms with Gasteiger partial charge in [0.25, 0.3) is 0 Å². The van der Waals surface area contributed by atoms with E-state index in [2.05, 4.69) is 6.07 Å². The predicted octanol–water partition coefficient (Wildman–Crippen LogP) is 2.97. The van der Waals surface area contributed by atoms with E-state index in [1.54, 1.807) is 11.8 Å². The molecule has 1 unspecified atom stereocenters. The van der Waals surface area contributed by atoms with Crippen LogP contribution in [0.1, 0.15) is 25.0 Å². The number of amides is 1. The molecule has 138 valence electrons. The number of hydrogen-bond donors (Lipinski definition) is 0. The molecule has 1 aliphatic heterocycles. The summed E-state index contributed by atoms with van der Waals surface area (Å²) in [4.78, 5) is 14.3. The summed E-state index contributed by atoms with van der Waals surface area (Å²) in [6.45, 7) is 6.45. The van der Waals surface area contributed by atoms with Crippen LogP contribution in [-0.4, -0.2) is 39.4 Å². The molecule has 1 amide bonds. The van der Waals surface area contributed by atoms with E-state index < -0.39 is 11.4 Å². The van der Waals surface area contributed by atoms with Gasteiger partial charge in [0.1, 0.15) is 12.4 Å². The second-order valence-electron chi connectivity index (χ2n) is 6.25. The molecule has 0 saturated carbocycles. The number of carbonyl (C=O) groups excluding carboxylic acids is 1. The third-order valence-electron chi connectivity index (χ3n) is 4.45. The SMILES string of the molecule is CCN(Cc1ccc2c(c1)CN([S+]([O-])c1ccccc1)CCO2)C(C)=O. The zero-order valence-corrected chi connectivity index (χ0v) is 16.0. The molecule has 0 aliphatic carbocycles. The zero-order chi connectivity index (χ0) is 18.5. The summed E-state index contributed by atoms with van der Waals surface area (Å²) in [6.07, 6.45) is 0. The Morgan fingerprint density at radius 2 is 2.04 bits per heavy atom. The minimum Gasteiger partial charge on any atom is -0.593 e. The largest absolute Gasteiger partial charge is 0.593 e. The first kappa shape index (κ1) is 18.8. The van der Waals surface area contributed by atoms with Crippen molar-refractivity contribution in [2.75, 3.05) is 19.7 Å². The highest BCUT2D eigenvalue weighted by atomic mass is 32.2. The monoisotopic (exact) mass is 372 g/mol. The van der Waals surface area contributed by atoms with Crippen molar-refractivity contribution in [3.63, 3.8) is 0 Å². The minimum atomic E-state index is -1.23.